The molecule has 1 aliphatic heterocycles. The molecule has 2 heterocycles. The minimum absolute atomic E-state index is 0.0215. The summed E-state index contributed by atoms with van der Waals surface area (Å²) in [5.74, 6) is 0.631. The second-order valence-electron chi connectivity index (χ2n) is 9.25. The van der Waals surface area contributed by atoms with Gasteiger partial charge in [-0.05, 0) is 62.6 Å². The molecular weight excluding hydrogens is 432 g/mol. The van der Waals surface area contributed by atoms with Crippen molar-refractivity contribution in [2.75, 3.05) is 18.1 Å². The molecule has 1 aromatic heterocycles. The van der Waals surface area contributed by atoms with E-state index in [1.807, 2.05) is 58.9 Å². The Balaban J connectivity index is 1.99. The van der Waals surface area contributed by atoms with E-state index in [0.29, 0.717) is 36.9 Å². The second kappa shape index (κ2) is 9.39. The summed E-state index contributed by atoms with van der Waals surface area (Å²) in [6.07, 6.45) is 3.05. The van der Waals surface area contributed by atoms with Gasteiger partial charge in [-0.15, -0.1) is 0 Å². The summed E-state index contributed by atoms with van der Waals surface area (Å²) in [6, 6.07) is 11.0. The van der Waals surface area contributed by atoms with Crippen LogP contribution in [0.1, 0.15) is 53.0 Å². The van der Waals surface area contributed by atoms with Gasteiger partial charge >= 0.3 is 0 Å². The van der Waals surface area contributed by atoms with E-state index >= 15 is 0 Å². The third kappa shape index (κ3) is 5.02. The van der Waals surface area contributed by atoms with Crippen LogP contribution in [0.25, 0.3) is 0 Å². The van der Waals surface area contributed by atoms with E-state index in [4.69, 9.17) is 16.3 Å². The van der Waals surface area contributed by atoms with Crippen molar-refractivity contribution in [2.45, 2.75) is 63.1 Å². The Morgan fingerprint density at radius 2 is 1.74 bits per heavy atom. The Labute approximate surface area is 192 Å². The number of nitrogens with zero attached hydrogens (tertiary/aromatic N) is 2. The standard InChI is InChI=1S/C24H31ClN2O3S/c1-17(2)27(22(28)23(3,4)5)21-11-6-18(16-26-21)24(12-14-30-15-13-24)31(29)20-9-7-19(25)8-10-20/h6-11,16-17H,12-15H2,1-5H3. The summed E-state index contributed by atoms with van der Waals surface area (Å²) < 4.78 is 18.7. The number of aromatic nitrogens is 1. The zero-order valence-electron chi connectivity index (χ0n) is 18.9. The number of rotatable bonds is 5. The number of benzene rings is 1. The second-order valence-corrected chi connectivity index (χ2v) is 11.5. The van der Waals surface area contributed by atoms with Crippen LogP contribution < -0.4 is 4.90 Å². The predicted molar refractivity (Wildman–Crippen MR) is 126 cm³/mol. The van der Waals surface area contributed by atoms with Crippen molar-refractivity contribution in [1.82, 2.24) is 4.98 Å². The quantitative estimate of drug-likeness (QED) is 0.602. The van der Waals surface area contributed by atoms with Gasteiger partial charge in [-0.3, -0.25) is 13.9 Å². The average Bonchev–Trinajstić information content (AvgIpc) is 2.74. The first-order valence-corrected chi connectivity index (χ1v) is 12.1. The van der Waals surface area contributed by atoms with Crippen molar-refractivity contribution in [1.29, 1.82) is 0 Å². The molecule has 1 unspecified atom stereocenters. The maximum atomic E-state index is 13.7. The van der Waals surface area contributed by atoms with Gasteiger partial charge in [0, 0.05) is 40.8 Å². The van der Waals surface area contributed by atoms with E-state index in [-0.39, 0.29) is 11.9 Å². The first kappa shape index (κ1) is 23.9. The highest BCUT2D eigenvalue weighted by atomic mass is 35.5. The Bertz CT molecular complexity index is 931. The average molecular weight is 463 g/mol. The number of carbonyl (C=O) groups is 1. The van der Waals surface area contributed by atoms with Gasteiger partial charge in [0.2, 0.25) is 5.91 Å². The molecule has 2 aromatic rings. The van der Waals surface area contributed by atoms with Gasteiger partial charge in [0.25, 0.3) is 0 Å². The molecule has 1 aliphatic rings. The van der Waals surface area contributed by atoms with E-state index in [2.05, 4.69) is 4.98 Å². The van der Waals surface area contributed by atoms with Crippen LogP contribution in [-0.4, -0.2) is 34.4 Å². The summed E-state index contributed by atoms with van der Waals surface area (Å²) in [7, 11) is -1.30. The van der Waals surface area contributed by atoms with Gasteiger partial charge in [0.05, 0.1) is 15.5 Å². The summed E-state index contributed by atoms with van der Waals surface area (Å²) in [4.78, 5) is 20.1. The third-order valence-corrected chi connectivity index (χ3v) is 7.89. The van der Waals surface area contributed by atoms with Crippen molar-refractivity contribution >= 4 is 34.1 Å². The first-order chi connectivity index (χ1) is 14.6. The first-order valence-electron chi connectivity index (χ1n) is 10.6. The number of anilines is 1. The molecule has 168 valence electrons. The zero-order valence-corrected chi connectivity index (χ0v) is 20.4. The molecule has 1 atom stereocenters. The highest BCUT2D eigenvalue weighted by Crippen LogP contribution is 2.41. The largest absolute Gasteiger partial charge is 0.381 e. The van der Waals surface area contributed by atoms with Crippen LogP contribution in [0.3, 0.4) is 0 Å². The predicted octanol–water partition coefficient (Wildman–Crippen LogP) is 5.34. The lowest BCUT2D eigenvalue weighted by Gasteiger charge is -2.37. The molecule has 0 aliphatic carbocycles. The molecule has 1 amide bonds. The van der Waals surface area contributed by atoms with Gasteiger partial charge < -0.3 is 4.74 Å². The lowest BCUT2D eigenvalue weighted by Crippen LogP contribution is -2.44. The topological polar surface area (TPSA) is 59.5 Å². The van der Waals surface area contributed by atoms with E-state index in [1.165, 1.54) is 0 Å². The molecule has 1 aromatic carbocycles. The minimum atomic E-state index is -1.30. The van der Waals surface area contributed by atoms with Gasteiger partial charge in [0.1, 0.15) is 5.82 Å². The van der Waals surface area contributed by atoms with E-state index in [9.17, 15) is 9.00 Å². The molecule has 5 nitrogen and oxygen atoms in total. The normalized spacial score (nSPS) is 17.4. The van der Waals surface area contributed by atoms with Crippen molar-refractivity contribution in [2.24, 2.45) is 5.41 Å². The number of ether oxygens (including phenoxy) is 1. The van der Waals surface area contributed by atoms with Crippen molar-refractivity contribution in [3.63, 3.8) is 0 Å². The van der Waals surface area contributed by atoms with Crippen LogP contribution in [-0.2, 0) is 25.1 Å². The molecule has 1 saturated heterocycles. The molecule has 0 saturated carbocycles. The fourth-order valence-corrected chi connectivity index (χ4v) is 5.66. The monoisotopic (exact) mass is 462 g/mol. The number of halogens is 1. The fraction of sp³-hybridized carbons (Fsp3) is 0.500. The molecule has 0 bridgehead atoms. The molecule has 7 heteroatoms. The number of carbonyl (C=O) groups excluding carboxylic acids is 1. The molecule has 0 radical (unpaired) electrons. The molecule has 3 rings (SSSR count). The van der Waals surface area contributed by atoms with Crippen LogP contribution in [0, 0.1) is 5.41 Å². The highest BCUT2D eigenvalue weighted by Gasteiger charge is 2.42. The Hall–Kier alpha value is -1.76. The Morgan fingerprint density at radius 3 is 2.23 bits per heavy atom. The van der Waals surface area contributed by atoms with Crippen LogP contribution in [0.15, 0.2) is 47.5 Å². The smallest absolute Gasteiger partial charge is 0.233 e. The lowest BCUT2D eigenvalue weighted by molar-refractivity contribution is -0.126. The molecule has 0 spiro atoms. The summed E-state index contributed by atoms with van der Waals surface area (Å²) in [5.41, 5.74) is 0.391. The maximum Gasteiger partial charge on any atom is 0.233 e. The lowest BCUT2D eigenvalue weighted by atomic mass is 9.91. The third-order valence-electron chi connectivity index (χ3n) is 5.58. The van der Waals surface area contributed by atoms with Gasteiger partial charge in [-0.1, -0.05) is 38.4 Å². The van der Waals surface area contributed by atoms with Crippen molar-refractivity contribution < 1.29 is 13.7 Å². The molecule has 0 N–H and O–H groups in total. The number of amides is 1. The van der Waals surface area contributed by atoms with Gasteiger partial charge in [-0.2, -0.15) is 0 Å². The van der Waals surface area contributed by atoms with Crippen molar-refractivity contribution in [3.05, 3.63) is 53.2 Å². The Morgan fingerprint density at radius 1 is 1.13 bits per heavy atom. The molecule has 1 fully saturated rings. The van der Waals surface area contributed by atoms with Crippen molar-refractivity contribution in [3.8, 4) is 0 Å². The number of hydrogen-bond donors (Lipinski definition) is 0. The Kier molecular flexibility index (Phi) is 7.24. The van der Waals surface area contributed by atoms with Crippen LogP contribution in [0.4, 0.5) is 5.82 Å². The minimum Gasteiger partial charge on any atom is -0.381 e. The number of hydrogen-bond acceptors (Lipinski definition) is 4. The summed E-state index contributed by atoms with van der Waals surface area (Å²) in [5, 5.41) is 0.616. The van der Waals surface area contributed by atoms with E-state index in [0.717, 1.165) is 10.5 Å². The highest BCUT2D eigenvalue weighted by molar-refractivity contribution is 7.86. The summed E-state index contributed by atoms with van der Waals surface area (Å²) >= 11 is 6.02. The van der Waals surface area contributed by atoms with E-state index in [1.54, 1.807) is 23.2 Å². The van der Waals surface area contributed by atoms with Gasteiger partial charge in [0.15, 0.2) is 0 Å². The zero-order chi connectivity index (χ0) is 22.8. The molecular formula is C24H31ClN2O3S. The van der Waals surface area contributed by atoms with Crippen LogP contribution >= 0.6 is 11.6 Å². The van der Waals surface area contributed by atoms with Crippen LogP contribution in [0.2, 0.25) is 5.02 Å². The molecule has 31 heavy (non-hydrogen) atoms. The van der Waals surface area contributed by atoms with Crippen LogP contribution in [0.5, 0.6) is 0 Å². The maximum absolute atomic E-state index is 13.7. The van der Waals surface area contributed by atoms with E-state index < -0.39 is 21.0 Å². The SMILES string of the molecule is CC(C)N(C(=O)C(C)(C)C)c1ccc(C2(S(=O)c3ccc(Cl)cc3)CCOCC2)cn1. The fourth-order valence-electron chi connectivity index (χ4n) is 3.83. The van der Waals surface area contributed by atoms with Gasteiger partial charge in [-0.25, -0.2) is 4.98 Å². The number of pyridine rings is 1. The summed E-state index contributed by atoms with van der Waals surface area (Å²) in [6.45, 7) is 10.8.